The maximum absolute atomic E-state index is 14.0. The topological polar surface area (TPSA) is 45.1 Å². The van der Waals surface area contributed by atoms with Gasteiger partial charge in [0.1, 0.15) is 5.84 Å². The molecule has 3 aliphatic rings. The Morgan fingerprint density at radius 1 is 1.04 bits per heavy atom. The summed E-state index contributed by atoms with van der Waals surface area (Å²) in [5.41, 5.74) is 0.347. The zero-order valence-corrected chi connectivity index (χ0v) is 17.5. The molecule has 2 aliphatic heterocycles. The van der Waals surface area contributed by atoms with Gasteiger partial charge in [-0.3, -0.25) is 19.6 Å². The zero-order chi connectivity index (χ0) is 19.8. The second-order valence-corrected chi connectivity index (χ2v) is 9.38. The Morgan fingerprint density at radius 3 is 2.29 bits per heavy atom. The quantitative estimate of drug-likeness (QED) is 0.778. The first kappa shape index (κ1) is 19.6. The molecule has 0 aromatic heterocycles. The van der Waals surface area contributed by atoms with Crippen molar-refractivity contribution in [3.8, 4) is 0 Å². The normalized spacial score (nSPS) is 27.7. The van der Waals surface area contributed by atoms with Gasteiger partial charge in [0.2, 0.25) is 5.91 Å². The minimum Gasteiger partial charge on any atom is -0.379 e. The van der Waals surface area contributed by atoms with Crippen LogP contribution in [0.15, 0.2) is 35.3 Å². The van der Waals surface area contributed by atoms with Crippen LogP contribution in [0.4, 0.5) is 5.69 Å². The van der Waals surface area contributed by atoms with E-state index in [1.165, 1.54) is 6.42 Å². The van der Waals surface area contributed by atoms with Crippen molar-refractivity contribution in [2.24, 2.45) is 10.4 Å². The fourth-order valence-electron chi connectivity index (χ4n) is 5.11. The molecule has 0 bridgehead atoms. The summed E-state index contributed by atoms with van der Waals surface area (Å²) in [6.07, 6.45) is 5.39. The highest BCUT2D eigenvalue weighted by Crippen LogP contribution is 2.49. The highest BCUT2D eigenvalue weighted by molar-refractivity contribution is 6.27. The number of benzene rings is 1. The molecule has 28 heavy (non-hydrogen) atoms. The highest BCUT2D eigenvalue weighted by atomic mass is 16.5. The lowest BCUT2D eigenvalue weighted by atomic mass is 9.69. The van der Waals surface area contributed by atoms with E-state index in [0.29, 0.717) is 0 Å². The highest BCUT2D eigenvalue weighted by Gasteiger charge is 2.60. The number of para-hydroxylation sites is 1. The van der Waals surface area contributed by atoms with Gasteiger partial charge in [0.25, 0.3) is 0 Å². The average Bonchev–Trinajstić information content (AvgIpc) is 2.90. The van der Waals surface area contributed by atoms with Crippen LogP contribution in [0.3, 0.4) is 0 Å². The first-order chi connectivity index (χ1) is 13.4. The minimum atomic E-state index is -0.352. The van der Waals surface area contributed by atoms with Crippen molar-refractivity contribution in [3.63, 3.8) is 0 Å². The molecular formula is C23H33N3O2. The molecule has 1 unspecified atom stereocenters. The maximum Gasteiger partial charge on any atom is 0.240 e. The van der Waals surface area contributed by atoms with Crippen LogP contribution in [0.5, 0.6) is 0 Å². The molecule has 0 radical (unpaired) electrons. The van der Waals surface area contributed by atoms with E-state index in [-0.39, 0.29) is 22.9 Å². The number of morpholine rings is 1. The number of rotatable bonds is 2. The summed E-state index contributed by atoms with van der Waals surface area (Å²) in [5.74, 6) is 1.19. The number of amidine groups is 1. The largest absolute Gasteiger partial charge is 0.379 e. The molecular weight excluding hydrogens is 350 g/mol. The van der Waals surface area contributed by atoms with Crippen molar-refractivity contribution < 1.29 is 9.53 Å². The lowest BCUT2D eigenvalue weighted by Crippen LogP contribution is -2.54. The third kappa shape index (κ3) is 3.50. The Labute approximate surface area is 168 Å². The molecule has 4 rings (SSSR count). The number of carbonyl (C=O) groups is 1. The summed E-state index contributed by atoms with van der Waals surface area (Å²) in [6, 6.07) is 10.1. The Bertz CT molecular complexity index is 726. The summed E-state index contributed by atoms with van der Waals surface area (Å²) in [5, 5.41) is 0. The lowest BCUT2D eigenvalue weighted by Gasteiger charge is -2.42. The molecule has 1 saturated carbocycles. The van der Waals surface area contributed by atoms with Crippen molar-refractivity contribution >= 4 is 17.4 Å². The Balaban J connectivity index is 1.87. The molecule has 3 fully saturated rings. The van der Waals surface area contributed by atoms with Crippen molar-refractivity contribution in [3.05, 3.63) is 30.3 Å². The Kier molecular flexibility index (Phi) is 5.32. The number of hydrogen-bond acceptors (Lipinski definition) is 4. The van der Waals surface area contributed by atoms with E-state index in [1.807, 2.05) is 35.2 Å². The molecule has 1 aromatic carbocycles. The molecule has 1 aromatic rings. The monoisotopic (exact) mass is 383 g/mol. The summed E-state index contributed by atoms with van der Waals surface area (Å²) >= 11 is 0. The van der Waals surface area contributed by atoms with Crippen LogP contribution < -0.4 is 4.90 Å². The van der Waals surface area contributed by atoms with Gasteiger partial charge < -0.3 is 4.74 Å². The van der Waals surface area contributed by atoms with Gasteiger partial charge in [-0.1, -0.05) is 37.5 Å². The lowest BCUT2D eigenvalue weighted by molar-refractivity contribution is -0.130. The van der Waals surface area contributed by atoms with Crippen LogP contribution >= 0.6 is 0 Å². The van der Waals surface area contributed by atoms with Gasteiger partial charge >= 0.3 is 0 Å². The second kappa shape index (κ2) is 7.60. The van der Waals surface area contributed by atoms with E-state index < -0.39 is 0 Å². The van der Waals surface area contributed by atoms with E-state index >= 15 is 0 Å². The van der Waals surface area contributed by atoms with E-state index in [2.05, 4.69) is 25.7 Å². The van der Waals surface area contributed by atoms with Crippen LogP contribution in [-0.2, 0) is 9.53 Å². The molecule has 5 heteroatoms. The fourth-order valence-corrected chi connectivity index (χ4v) is 5.11. The smallest absolute Gasteiger partial charge is 0.240 e. The van der Waals surface area contributed by atoms with Gasteiger partial charge in [-0.15, -0.1) is 0 Å². The number of amides is 1. The van der Waals surface area contributed by atoms with E-state index in [9.17, 15) is 4.79 Å². The maximum atomic E-state index is 14.0. The van der Waals surface area contributed by atoms with Crippen LogP contribution in [0, 0.1) is 5.41 Å². The fraction of sp³-hybridized carbons (Fsp3) is 0.652. The molecule has 152 valence electrons. The predicted octanol–water partition coefficient (Wildman–Crippen LogP) is 3.88. The average molecular weight is 384 g/mol. The molecule has 5 nitrogen and oxygen atoms in total. The van der Waals surface area contributed by atoms with Gasteiger partial charge in [-0.2, -0.15) is 0 Å². The Morgan fingerprint density at radius 2 is 1.68 bits per heavy atom. The third-order valence-corrected chi connectivity index (χ3v) is 6.25. The molecule has 1 amide bonds. The van der Waals surface area contributed by atoms with Gasteiger partial charge in [-0.05, 0) is 45.7 Å². The van der Waals surface area contributed by atoms with Gasteiger partial charge in [-0.25, -0.2) is 0 Å². The SMILES string of the molecule is CC(C)(C)N=C1C(N2CCOCC2)C2(CCCCC2)C(=O)N1c1ccccc1. The number of carbonyl (C=O) groups excluding carboxylic acids is 1. The van der Waals surface area contributed by atoms with Crippen LogP contribution in [-0.4, -0.2) is 54.5 Å². The summed E-state index contributed by atoms with van der Waals surface area (Å²) in [4.78, 5) is 23.6. The summed E-state index contributed by atoms with van der Waals surface area (Å²) in [7, 11) is 0. The molecule has 2 saturated heterocycles. The predicted molar refractivity (Wildman–Crippen MR) is 113 cm³/mol. The number of hydrogen-bond donors (Lipinski definition) is 0. The number of nitrogens with zero attached hydrogens (tertiary/aromatic N) is 3. The second-order valence-electron chi connectivity index (χ2n) is 9.38. The number of anilines is 1. The number of aliphatic imine (C=N–C) groups is 1. The van der Waals surface area contributed by atoms with Crippen molar-refractivity contribution in [1.29, 1.82) is 0 Å². The summed E-state index contributed by atoms with van der Waals surface area (Å²) in [6.45, 7) is 9.56. The van der Waals surface area contributed by atoms with Gasteiger partial charge in [0, 0.05) is 13.1 Å². The molecule has 1 spiro atoms. The first-order valence-electron chi connectivity index (χ1n) is 10.7. The molecule has 0 N–H and O–H groups in total. The van der Waals surface area contributed by atoms with Crippen molar-refractivity contribution in [1.82, 2.24) is 4.90 Å². The van der Waals surface area contributed by atoms with E-state index in [4.69, 9.17) is 9.73 Å². The first-order valence-corrected chi connectivity index (χ1v) is 10.7. The van der Waals surface area contributed by atoms with Crippen molar-refractivity contribution in [2.75, 3.05) is 31.2 Å². The molecule has 1 aliphatic carbocycles. The van der Waals surface area contributed by atoms with E-state index in [0.717, 1.165) is 63.5 Å². The number of ether oxygens (including phenoxy) is 1. The van der Waals surface area contributed by atoms with Crippen LogP contribution in [0.25, 0.3) is 0 Å². The zero-order valence-electron chi connectivity index (χ0n) is 17.5. The van der Waals surface area contributed by atoms with Gasteiger partial charge in [0.05, 0.1) is 35.9 Å². The van der Waals surface area contributed by atoms with Crippen molar-refractivity contribution in [2.45, 2.75) is 64.5 Å². The van der Waals surface area contributed by atoms with Gasteiger partial charge in [0.15, 0.2) is 0 Å². The molecule has 1 atom stereocenters. The van der Waals surface area contributed by atoms with Crippen LogP contribution in [0.2, 0.25) is 0 Å². The van der Waals surface area contributed by atoms with Crippen LogP contribution in [0.1, 0.15) is 52.9 Å². The third-order valence-electron chi connectivity index (χ3n) is 6.25. The minimum absolute atomic E-state index is 0.0450. The molecule has 2 heterocycles. The van der Waals surface area contributed by atoms with E-state index in [1.54, 1.807) is 0 Å². The summed E-state index contributed by atoms with van der Waals surface area (Å²) < 4.78 is 5.63. The Hall–Kier alpha value is -1.72. The standard InChI is InChI=1S/C23H33N3O2/c1-22(2,3)24-20-19(25-14-16-28-17-15-25)23(12-8-5-9-13-23)21(27)26(20)18-10-6-4-7-11-18/h4,6-7,10-11,19H,5,8-9,12-17H2,1-3H3.